The number of nitrogens with two attached hydrogens (primary N) is 1. The molecule has 0 unspecified atom stereocenters. The van der Waals surface area contributed by atoms with Crippen LogP contribution in [0.3, 0.4) is 0 Å². The zero-order valence-electron chi connectivity index (χ0n) is 8.78. The molecule has 0 bridgehead atoms. The maximum atomic E-state index is 10.9. The summed E-state index contributed by atoms with van der Waals surface area (Å²) in [5.41, 5.74) is 4.44. The Bertz CT molecular complexity index is 553. The van der Waals surface area contributed by atoms with E-state index in [0.717, 1.165) is 12.1 Å². The SMILES string of the molecule is CCOc1cc(S(=O)(=O)O)c(N)cc1[N+](=O)[O-]. The summed E-state index contributed by atoms with van der Waals surface area (Å²) in [6.07, 6.45) is 0. The lowest BCUT2D eigenvalue weighted by Crippen LogP contribution is -2.06. The van der Waals surface area contributed by atoms with Crippen molar-refractivity contribution in [1.29, 1.82) is 0 Å². The number of anilines is 1. The molecular weight excluding hydrogens is 252 g/mol. The number of nitro benzene ring substituents is 1. The van der Waals surface area contributed by atoms with Crippen molar-refractivity contribution in [1.82, 2.24) is 0 Å². The third-order valence-electron chi connectivity index (χ3n) is 1.87. The molecule has 0 fully saturated rings. The van der Waals surface area contributed by atoms with E-state index in [-0.39, 0.29) is 12.4 Å². The third-order valence-corrected chi connectivity index (χ3v) is 2.78. The van der Waals surface area contributed by atoms with Crippen LogP contribution in [-0.4, -0.2) is 24.5 Å². The van der Waals surface area contributed by atoms with Gasteiger partial charge in [-0.2, -0.15) is 8.42 Å². The highest BCUT2D eigenvalue weighted by molar-refractivity contribution is 7.86. The first-order valence-corrected chi connectivity index (χ1v) is 5.89. The molecule has 1 rings (SSSR count). The molecule has 0 radical (unpaired) electrons. The van der Waals surface area contributed by atoms with Gasteiger partial charge in [-0.3, -0.25) is 14.7 Å². The van der Waals surface area contributed by atoms with E-state index in [1.165, 1.54) is 0 Å². The van der Waals surface area contributed by atoms with Gasteiger partial charge in [0.2, 0.25) is 0 Å². The Balaban J connectivity index is 3.50. The normalized spacial score (nSPS) is 11.2. The minimum absolute atomic E-state index is 0.107. The molecule has 8 nitrogen and oxygen atoms in total. The van der Waals surface area contributed by atoms with Crippen molar-refractivity contribution in [3.05, 3.63) is 22.2 Å². The second-order valence-electron chi connectivity index (χ2n) is 3.02. The van der Waals surface area contributed by atoms with Gasteiger partial charge in [0, 0.05) is 12.1 Å². The van der Waals surface area contributed by atoms with Crippen molar-refractivity contribution < 1.29 is 22.6 Å². The van der Waals surface area contributed by atoms with Crippen LogP contribution in [0.2, 0.25) is 0 Å². The first-order valence-electron chi connectivity index (χ1n) is 4.45. The van der Waals surface area contributed by atoms with Crippen LogP contribution in [0.25, 0.3) is 0 Å². The second-order valence-corrected chi connectivity index (χ2v) is 4.41. The fourth-order valence-corrected chi connectivity index (χ4v) is 1.82. The molecule has 0 atom stereocenters. The van der Waals surface area contributed by atoms with Crippen molar-refractivity contribution in [2.75, 3.05) is 12.3 Å². The van der Waals surface area contributed by atoms with Gasteiger partial charge in [0.25, 0.3) is 10.1 Å². The molecule has 0 saturated heterocycles. The van der Waals surface area contributed by atoms with Crippen LogP contribution >= 0.6 is 0 Å². The summed E-state index contributed by atoms with van der Waals surface area (Å²) >= 11 is 0. The smallest absolute Gasteiger partial charge is 0.313 e. The van der Waals surface area contributed by atoms with Crippen LogP contribution in [0.15, 0.2) is 17.0 Å². The zero-order valence-corrected chi connectivity index (χ0v) is 9.60. The van der Waals surface area contributed by atoms with Crippen molar-refractivity contribution in [3.8, 4) is 5.75 Å². The van der Waals surface area contributed by atoms with E-state index in [1.807, 2.05) is 0 Å². The first kappa shape index (κ1) is 13.2. The monoisotopic (exact) mass is 262 g/mol. The Morgan fingerprint density at radius 2 is 2.12 bits per heavy atom. The van der Waals surface area contributed by atoms with Gasteiger partial charge in [0.05, 0.1) is 17.2 Å². The van der Waals surface area contributed by atoms with E-state index in [4.69, 9.17) is 15.0 Å². The molecule has 0 heterocycles. The third kappa shape index (κ3) is 2.82. The standard InChI is InChI=1S/C8H10N2O6S/c1-2-16-7-4-8(17(13,14)15)5(9)3-6(7)10(11)12/h3-4H,2,9H2,1H3,(H,13,14,15). The summed E-state index contributed by atoms with van der Waals surface area (Å²) in [6, 6.07) is 1.65. The van der Waals surface area contributed by atoms with Crippen molar-refractivity contribution in [2.45, 2.75) is 11.8 Å². The van der Waals surface area contributed by atoms with Gasteiger partial charge in [-0.25, -0.2) is 0 Å². The van der Waals surface area contributed by atoms with Crippen LogP contribution in [0.5, 0.6) is 5.75 Å². The maximum absolute atomic E-state index is 10.9. The number of benzene rings is 1. The number of hydrogen-bond acceptors (Lipinski definition) is 6. The van der Waals surface area contributed by atoms with Crippen molar-refractivity contribution >= 4 is 21.5 Å². The highest BCUT2D eigenvalue weighted by Crippen LogP contribution is 2.34. The minimum atomic E-state index is -4.54. The molecule has 0 saturated carbocycles. The fourth-order valence-electron chi connectivity index (χ4n) is 1.20. The average Bonchev–Trinajstić information content (AvgIpc) is 2.18. The molecule has 94 valence electrons. The largest absolute Gasteiger partial charge is 0.487 e. The summed E-state index contributed by atoms with van der Waals surface area (Å²) in [4.78, 5) is 9.29. The molecule has 1 aromatic carbocycles. The summed E-state index contributed by atoms with van der Waals surface area (Å²) in [5, 5.41) is 10.7. The molecule has 0 aliphatic rings. The number of hydrogen-bond donors (Lipinski definition) is 2. The lowest BCUT2D eigenvalue weighted by molar-refractivity contribution is -0.385. The van der Waals surface area contributed by atoms with Crippen LogP contribution in [-0.2, 0) is 10.1 Å². The number of nitro groups is 1. The summed E-state index contributed by atoms with van der Waals surface area (Å²) in [7, 11) is -4.54. The number of ether oxygens (including phenoxy) is 1. The van der Waals surface area contributed by atoms with E-state index >= 15 is 0 Å². The molecule has 17 heavy (non-hydrogen) atoms. The molecule has 0 aliphatic carbocycles. The quantitative estimate of drug-likeness (QED) is 0.355. The Morgan fingerprint density at radius 3 is 2.53 bits per heavy atom. The number of nitrogen functional groups attached to an aromatic ring is 1. The molecular formula is C8H10N2O6S. The van der Waals surface area contributed by atoms with Gasteiger partial charge in [-0.05, 0) is 6.92 Å². The van der Waals surface area contributed by atoms with Gasteiger partial charge >= 0.3 is 5.69 Å². The van der Waals surface area contributed by atoms with E-state index in [1.54, 1.807) is 6.92 Å². The molecule has 0 amide bonds. The Kier molecular flexibility index (Phi) is 3.53. The summed E-state index contributed by atoms with van der Waals surface area (Å²) in [6.45, 7) is 1.68. The predicted molar refractivity (Wildman–Crippen MR) is 58.5 cm³/mol. The molecule has 3 N–H and O–H groups in total. The van der Waals surface area contributed by atoms with E-state index in [2.05, 4.69) is 0 Å². The predicted octanol–water partition coefficient (Wildman–Crippen LogP) is 0.822. The minimum Gasteiger partial charge on any atom is -0.487 e. The molecule has 0 spiro atoms. The summed E-state index contributed by atoms with van der Waals surface area (Å²) in [5.74, 6) is -0.265. The Labute approximate surface area is 96.9 Å². The average molecular weight is 262 g/mol. The van der Waals surface area contributed by atoms with Crippen LogP contribution in [0.4, 0.5) is 11.4 Å². The van der Waals surface area contributed by atoms with Gasteiger partial charge in [-0.1, -0.05) is 0 Å². The summed E-state index contributed by atoms with van der Waals surface area (Å²) < 4.78 is 35.7. The molecule has 1 aromatic rings. The number of nitrogens with zero attached hydrogens (tertiary/aromatic N) is 1. The van der Waals surface area contributed by atoms with E-state index < -0.39 is 31.3 Å². The molecule has 0 aliphatic heterocycles. The lowest BCUT2D eigenvalue weighted by atomic mass is 10.2. The van der Waals surface area contributed by atoms with Gasteiger partial charge in [-0.15, -0.1) is 0 Å². The van der Waals surface area contributed by atoms with Crippen LogP contribution < -0.4 is 10.5 Å². The van der Waals surface area contributed by atoms with Crippen molar-refractivity contribution in [2.24, 2.45) is 0 Å². The number of rotatable bonds is 4. The topological polar surface area (TPSA) is 133 Å². The first-order chi connectivity index (χ1) is 7.77. The zero-order chi connectivity index (χ0) is 13.2. The fraction of sp³-hybridized carbons (Fsp3) is 0.250. The van der Waals surface area contributed by atoms with E-state index in [0.29, 0.717) is 0 Å². The molecule has 9 heteroatoms. The van der Waals surface area contributed by atoms with E-state index in [9.17, 15) is 18.5 Å². The molecule has 0 aromatic heterocycles. The Morgan fingerprint density at radius 1 is 1.53 bits per heavy atom. The highest BCUT2D eigenvalue weighted by Gasteiger charge is 2.23. The second kappa shape index (κ2) is 4.55. The lowest BCUT2D eigenvalue weighted by Gasteiger charge is -2.07. The van der Waals surface area contributed by atoms with Gasteiger partial charge in [0.15, 0.2) is 5.75 Å². The highest BCUT2D eigenvalue weighted by atomic mass is 32.2. The van der Waals surface area contributed by atoms with Crippen LogP contribution in [0, 0.1) is 10.1 Å². The Hall–Kier alpha value is -1.87. The van der Waals surface area contributed by atoms with Gasteiger partial charge < -0.3 is 10.5 Å². The maximum Gasteiger partial charge on any atom is 0.313 e. The van der Waals surface area contributed by atoms with Crippen molar-refractivity contribution in [3.63, 3.8) is 0 Å². The van der Waals surface area contributed by atoms with Gasteiger partial charge in [0.1, 0.15) is 4.90 Å². The van der Waals surface area contributed by atoms with Crippen LogP contribution in [0.1, 0.15) is 6.92 Å².